The summed E-state index contributed by atoms with van der Waals surface area (Å²) < 4.78 is 2.44. The Morgan fingerprint density at radius 3 is 1.35 bits per heavy atom. The highest BCUT2D eigenvalue weighted by Crippen LogP contribution is 2.40. The van der Waals surface area contributed by atoms with Crippen molar-refractivity contribution >= 4 is 54.4 Å². The van der Waals surface area contributed by atoms with E-state index in [4.69, 9.17) is 0 Å². The molecule has 0 bridgehead atoms. The second-order valence-electron chi connectivity index (χ2n) is 12.7. The molecule has 10 aromatic rings. The van der Waals surface area contributed by atoms with Crippen LogP contribution < -0.4 is 0 Å². The summed E-state index contributed by atoms with van der Waals surface area (Å²) in [7, 11) is 0. The highest BCUT2D eigenvalue weighted by atomic mass is 15.0. The molecular formula is C46H30N2. The number of hydrogen-bond acceptors (Lipinski definition) is 0. The summed E-state index contributed by atoms with van der Waals surface area (Å²) >= 11 is 0. The zero-order chi connectivity index (χ0) is 31.6. The van der Waals surface area contributed by atoms with E-state index in [1.165, 1.54) is 82.4 Å². The summed E-state index contributed by atoms with van der Waals surface area (Å²) in [4.78, 5) is 3.64. The number of rotatable bonds is 4. The SMILES string of the molecule is c1ccc(-c2ccc3[nH]c4ccc(-c5ccc6c(c5)c5cc(-c7ccccc7)ccc5n6-c5cccc6ccccc56)cc4c3c2)cc1. The average molecular weight is 611 g/mol. The van der Waals surface area contributed by atoms with Gasteiger partial charge in [0.1, 0.15) is 0 Å². The van der Waals surface area contributed by atoms with Crippen LogP contribution in [-0.2, 0) is 0 Å². The lowest BCUT2D eigenvalue weighted by molar-refractivity contribution is 1.20. The molecule has 0 amide bonds. The molecule has 0 saturated carbocycles. The molecular weight excluding hydrogens is 581 g/mol. The summed E-state index contributed by atoms with van der Waals surface area (Å²) in [6.07, 6.45) is 0. The fourth-order valence-corrected chi connectivity index (χ4v) is 7.56. The van der Waals surface area contributed by atoms with E-state index >= 15 is 0 Å². The van der Waals surface area contributed by atoms with Crippen LogP contribution in [-0.4, -0.2) is 9.55 Å². The van der Waals surface area contributed by atoms with Crippen molar-refractivity contribution in [2.24, 2.45) is 0 Å². The van der Waals surface area contributed by atoms with Crippen molar-refractivity contribution in [3.8, 4) is 39.1 Å². The number of aromatic amines is 1. The van der Waals surface area contributed by atoms with E-state index in [0.29, 0.717) is 0 Å². The van der Waals surface area contributed by atoms with Gasteiger partial charge in [0.15, 0.2) is 0 Å². The van der Waals surface area contributed by atoms with E-state index in [1.807, 2.05) is 0 Å². The number of fused-ring (bicyclic) bond motifs is 7. The van der Waals surface area contributed by atoms with Crippen molar-refractivity contribution in [2.75, 3.05) is 0 Å². The largest absolute Gasteiger partial charge is 0.355 e. The van der Waals surface area contributed by atoms with Crippen molar-refractivity contribution in [2.45, 2.75) is 0 Å². The summed E-state index contributed by atoms with van der Waals surface area (Å²) in [5.74, 6) is 0. The van der Waals surface area contributed by atoms with Gasteiger partial charge in [0.25, 0.3) is 0 Å². The second-order valence-corrected chi connectivity index (χ2v) is 12.7. The number of nitrogens with zero attached hydrogens (tertiary/aromatic N) is 1. The highest BCUT2D eigenvalue weighted by Gasteiger charge is 2.17. The first kappa shape index (κ1) is 26.8. The van der Waals surface area contributed by atoms with Crippen LogP contribution in [0, 0.1) is 0 Å². The van der Waals surface area contributed by atoms with Gasteiger partial charge in [-0.25, -0.2) is 0 Å². The first-order chi connectivity index (χ1) is 23.8. The van der Waals surface area contributed by atoms with E-state index < -0.39 is 0 Å². The monoisotopic (exact) mass is 610 g/mol. The molecule has 0 atom stereocenters. The van der Waals surface area contributed by atoms with Crippen LogP contribution in [0.15, 0.2) is 176 Å². The van der Waals surface area contributed by atoms with E-state index in [-0.39, 0.29) is 0 Å². The van der Waals surface area contributed by atoms with Gasteiger partial charge >= 0.3 is 0 Å². The molecule has 0 fully saturated rings. The lowest BCUT2D eigenvalue weighted by Gasteiger charge is -2.12. The molecule has 48 heavy (non-hydrogen) atoms. The van der Waals surface area contributed by atoms with Gasteiger partial charge in [-0.3, -0.25) is 0 Å². The Morgan fingerprint density at radius 2 is 0.771 bits per heavy atom. The first-order valence-corrected chi connectivity index (χ1v) is 16.5. The van der Waals surface area contributed by atoms with Crippen LogP contribution in [0.4, 0.5) is 0 Å². The zero-order valence-corrected chi connectivity index (χ0v) is 26.2. The number of H-pyrrole nitrogens is 1. The van der Waals surface area contributed by atoms with Crippen LogP contribution >= 0.6 is 0 Å². The third kappa shape index (κ3) is 4.20. The Kier molecular flexibility index (Phi) is 5.91. The number of aromatic nitrogens is 2. The van der Waals surface area contributed by atoms with Crippen LogP contribution in [0.5, 0.6) is 0 Å². The van der Waals surface area contributed by atoms with Crippen molar-refractivity contribution < 1.29 is 0 Å². The van der Waals surface area contributed by atoms with Gasteiger partial charge in [-0.05, 0) is 93.4 Å². The van der Waals surface area contributed by atoms with Gasteiger partial charge in [0.2, 0.25) is 0 Å². The van der Waals surface area contributed by atoms with Gasteiger partial charge in [-0.2, -0.15) is 0 Å². The lowest BCUT2D eigenvalue weighted by atomic mass is 9.98. The van der Waals surface area contributed by atoms with Crippen LogP contribution in [0.2, 0.25) is 0 Å². The Hall–Kier alpha value is -6.38. The predicted molar refractivity (Wildman–Crippen MR) is 204 cm³/mol. The maximum Gasteiger partial charge on any atom is 0.0541 e. The molecule has 2 aromatic heterocycles. The quantitative estimate of drug-likeness (QED) is 0.205. The number of benzene rings is 8. The molecule has 1 N–H and O–H groups in total. The van der Waals surface area contributed by atoms with Crippen molar-refractivity contribution in [3.63, 3.8) is 0 Å². The lowest BCUT2D eigenvalue weighted by Crippen LogP contribution is -1.95. The Bertz CT molecular complexity index is 2810. The summed E-state index contributed by atoms with van der Waals surface area (Å²) in [6, 6.07) is 64.0. The normalized spacial score (nSPS) is 11.8. The van der Waals surface area contributed by atoms with Gasteiger partial charge in [0, 0.05) is 38.0 Å². The molecule has 0 aliphatic heterocycles. The zero-order valence-electron chi connectivity index (χ0n) is 26.2. The van der Waals surface area contributed by atoms with Gasteiger partial charge in [0.05, 0.1) is 16.7 Å². The average Bonchev–Trinajstić information content (AvgIpc) is 3.69. The smallest absolute Gasteiger partial charge is 0.0541 e. The van der Waals surface area contributed by atoms with E-state index in [2.05, 4.69) is 185 Å². The first-order valence-electron chi connectivity index (χ1n) is 16.5. The van der Waals surface area contributed by atoms with Crippen LogP contribution in [0.25, 0.3) is 93.5 Å². The van der Waals surface area contributed by atoms with Crippen molar-refractivity contribution in [1.29, 1.82) is 0 Å². The van der Waals surface area contributed by atoms with E-state index in [1.54, 1.807) is 0 Å². The molecule has 0 unspecified atom stereocenters. The minimum atomic E-state index is 1.15. The third-order valence-electron chi connectivity index (χ3n) is 9.92. The Labute approximate surface area is 278 Å². The molecule has 0 aliphatic carbocycles. The maximum atomic E-state index is 3.64. The fourth-order valence-electron chi connectivity index (χ4n) is 7.56. The molecule has 2 nitrogen and oxygen atoms in total. The number of hydrogen-bond donors (Lipinski definition) is 1. The molecule has 2 heteroatoms. The summed E-state index contributed by atoms with van der Waals surface area (Å²) in [6.45, 7) is 0. The molecule has 0 aliphatic rings. The van der Waals surface area contributed by atoms with Gasteiger partial charge < -0.3 is 9.55 Å². The highest BCUT2D eigenvalue weighted by molar-refractivity contribution is 6.14. The van der Waals surface area contributed by atoms with E-state index in [0.717, 1.165) is 11.0 Å². The summed E-state index contributed by atoms with van der Waals surface area (Å²) in [5, 5.41) is 7.47. The Balaban J connectivity index is 1.20. The standard InChI is InChI=1S/C46H30N2/c1-3-10-30(11-4-1)33-18-22-42-38(26-33)39-27-35(19-23-43(39)47-42)36-21-25-46-41(29-36)40-28-34(31-12-5-2-6-13-31)20-24-45(40)48(46)44-17-9-15-32-14-7-8-16-37(32)44/h1-29,47H. The topological polar surface area (TPSA) is 20.7 Å². The van der Waals surface area contributed by atoms with Gasteiger partial charge in [-0.15, -0.1) is 0 Å². The van der Waals surface area contributed by atoms with Gasteiger partial charge in [-0.1, -0.05) is 121 Å². The minimum absolute atomic E-state index is 1.15. The molecule has 0 saturated heterocycles. The second kappa shape index (κ2) is 10.6. The number of nitrogens with one attached hydrogen (secondary N) is 1. The predicted octanol–water partition coefficient (Wildman–Crippen LogP) is 12.6. The molecule has 0 spiro atoms. The molecule has 0 radical (unpaired) electrons. The molecule has 10 rings (SSSR count). The molecule has 8 aromatic carbocycles. The third-order valence-corrected chi connectivity index (χ3v) is 9.92. The maximum absolute atomic E-state index is 3.64. The summed E-state index contributed by atoms with van der Waals surface area (Å²) in [5.41, 5.74) is 13.2. The Morgan fingerprint density at radius 1 is 0.312 bits per heavy atom. The van der Waals surface area contributed by atoms with E-state index in [9.17, 15) is 0 Å². The molecule has 2 heterocycles. The van der Waals surface area contributed by atoms with Crippen LogP contribution in [0.3, 0.4) is 0 Å². The molecule has 224 valence electrons. The van der Waals surface area contributed by atoms with Crippen LogP contribution in [0.1, 0.15) is 0 Å². The fraction of sp³-hybridized carbons (Fsp3) is 0. The van der Waals surface area contributed by atoms with Crippen molar-refractivity contribution in [1.82, 2.24) is 9.55 Å². The minimum Gasteiger partial charge on any atom is -0.355 e. The van der Waals surface area contributed by atoms with Crippen molar-refractivity contribution in [3.05, 3.63) is 176 Å².